The lowest BCUT2D eigenvalue weighted by Gasteiger charge is -2.13. The molecule has 3 nitrogen and oxygen atoms in total. The van der Waals surface area contributed by atoms with Crippen molar-refractivity contribution in [3.8, 4) is 0 Å². The second-order valence-electron chi connectivity index (χ2n) is 5.52. The second kappa shape index (κ2) is 7.87. The highest BCUT2D eigenvalue weighted by Gasteiger charge is 2.17. The van der Waals surface area contributed by atoms with Gasteiger partial charge in [0, 0.05) is 23.5 Å². The quantitative estimate of drug-likeness (QED) is 0.728. The predicted molar refractivity (Wildman–Crippen MR) is 86.3 cm³/mol. The average molecular weight is 287 g/mol. The molecule has 0 aliphatic heterocycles. The van der Waals surface area contributed by atoms with Crippen LogP contribution in [0.1, 0.15) is 45.1 Å². The van der Waals surface area contributed by atoms with E-state index in [1.165, 1.54) is 10.9 Å². The van der Waals surface area contributed by atoms with Crippen molar-refractivity contribution in [2.45, 2.75) is 46.0 Å². The highest BCUT2D eigenvalue weighted by Crippen LogP contribution is 2.19. The number of H-pyrrole nitrogens is 1. The fraction of sp³-hybridized carbons (Fsp3) is 0.500. The summed E-state index contributed by atoms with van der Waals surface area (Å²) < 4.78 is 5.46. The Balaban J connectivity index is 1.84. The molecule has 2 rings (SSSR count). The molecule has 114 valence electrons. The van der Waals surface area contributed by atoms with Crippen LogP contribution in [0, 0.1) is 5.92 Å². The van der Waals surface area contributed by atoms with Crippen molar-refractivity contribution < 1.29 is 9.53 Å². The van der Waals surface area contributed by atoms with Gasteiger partial charge in [-0.25, -0.2) is 0 Å². The number of rotatable bonds is 8. The number of carbonyl (C=O) groups excluding carboxylic acids is 1. The number of fused-ring (bicyclic) bond motifs is 1. The highest BCUT2D eigenvalue weighted by molar-refractivity contribution is 5.83. The Morgan fingerprint density at radius 3 is 2.86 bits per heavy atom. The first-order valence-electron chi connectivity index (χ1n) is 7.97. The maximum Gasteiger partial charge on any atom is 0.308 e. The molecule has 2 aromatic rings. The van der Waals surface area contributed by atoms with Crippen molar-refractivity contribution in [2.24, 2.45) is 5.92 Å². The van der Waals surface area contributed by atoms with Gasteiger partial charge in [-0.05, 0) is 24.5 Å². The molecule has 1 N–H and O–H groups in total. The summed E-state index contributed by atoms with van der Waals surface area (Å²) in [5.74, 6) is 0.0266. The number of hydrogen-bond donors (Lipinski definition) is 1. The van der Waals surface area contributed by atoms with E-state index in [1.807, 2.05) is 18.3 Å². The monoisotopic (exact) mass is 287 g/mol. The number of ether oxygens (including phenoxy) is 1. The highest BCUT2D eigenvalue weighted by atomic mass is 16.5. The van der Waals surface area contributed by atoms with Crippen molar-refractivity contribution in [3.63, 3.8) is 0 Å². The molecule has 1 atom stereocenters. The fourth-order valence-corrected chi connectivity index (χ4v) is 2.66. The summed E-state index contributed by atoms with van der Waals surface area (Å²) in [6.07, 6.45) is 6.80. The maximum absolute atomic E-state index is 12.0. The molecule has 0 aliphatic carbocycles. The van der Waals surface area contributed by atoms with Gasteiger partial charge >= 0.3 is 5.97 Å². The van der Waals surface area contributed by atoms with Crippen LogP contribution in [-0.4, -0.2) is 17.6 Å². The summed E-state index contributed by atoms with van der Waals surface area (Å²) in [7, 11) is 0. The Morgan fingerprint density at radius 2 is 2.10 bits per heavy atom. The van der Waals surface area contributed by atoms with Gasteiger partial charge in [0.05, 0.1) is 12.5 Å². The van der Waals surface area contributed by atoms with Crippen molar-refractivity contribution in [1.29, 1.82) is 0 Å². The zero-order valence-corrected chi connectivity index (χ0v) is 13.0. The molecule has 1 aromatic carbocycles. The lowest BCUT2D eigenvalue weighted by atomic mass is 10.00. The third-order valence-corrected chi connectivity index (χ3v) is 4.02. The number of aromatic amines is 1. The largest absolute Gasteiger partial charge is 0.465 e. The Bertz CT molecular complexity index is 573. The van der Waals surface area contributed by atoms with Crippen LogP contribution in [-0.2, 0) is 16.0 Å². The number of carbonyl (C=O) groups is 1. The Hall–Kier alpha value is -1.77. The van der Waals surface area contributed by atoms with Gasteiger partial charge in [-0.15, -0.1) is 0 Å². The first-order valence-corrected chi connectivity index (χ1v) is 7.97. The first-order chi connectivity index (χ1) is 10.3. The minimum atomic E-state index is -0.0363. The van der Waals surface area contributed by atoms with Gasteiger partial charge in [0.2, 0.25) is 0 Å². The van der Waals surface area contributed by atoms with Crippen LogP contribution < -0.4 is 0 Å². The van der Waals surface area contributed by atoms with Crippen LogP contribution >= 0.6 is 0 Å². The van der Waals surface area contributed by atoms with E-state index in [2.05, 4.69) is 31.0 Å². The van der Waals surface area contributed by atoms with Gasteiger partial charge in [-0.2, -0.15) is 0 Å². The van der Waals surface area contributed by atoms with E-state index in [1.54, 1.807) is 0 Å². The van der Waals surface area contributed by atoms with Crippen LogP contribution in [0.5, 0.6) is 0 Å². The lowest BCUT2D eigenvalue weighted by molar-refractivity contribution is -0.148. The van der Waals surface area contributed by atoms with Gasteiger partial charge in [-0.3, -0.25) is 4.79 Å². The molecule has 0 spiro atoms. The standard InChI is InChI=1S/C18H25NO2/c1-3-5-8-14(4-2)18(20)21-12-11-15-13-19-17-10-7-6-9-16(15)17/h6-7,9-10,13-14,19H,3-5,8,11-12H2,1-2H3. The van der Waals surface area contributed by atoms with Gasteiger partial charge in [0.25, 0.3) is 0 Å². The normalized spacial score (nSPS) is 12.5. The topological polar surface area (TPSA) is 42.1 Å². The smallest absolute Gasteiger partial charge is 0.308 e. The van der Waals surface area contributed by atoms with Crippen LogP contribution in [0.3, 0.4) is 0 Å². The maximum atomic E-state index is 12.0. The van der Waals surface area contributed by atoms with Gasteiger partial charge in [0.15, 0.2) is 0 Å². The molecule has 0 saturated carbocycles. The zero-order valence-electron chi connectivity index (χ0n) is 13.0. The molecule has 21 heavy (non-hydrogen) atoms. The number of para-hydroxylation sites is 1. The Labute approximate surface area is 126 Å². The summed E-state index contributed by atoms with van der Waals surface area (Å²) in [5, 5.41) is 1.21. The number of nitrogens with one attached hydrogen (secondary N) is 1. The fourth-order valence-electron chi connectivity index (χ4n) is 2.66. The number of benzene rings is 1. The Morgan fingerprint density at radius 1 is 1.29 bits per heavy atom. The minimum absolute atomic E-state index is 0.0363. The van der Waals surface area contributed by atoms with E-state index in [-0.39, 0.29) is 11.9 Å². The van der Waals surface area contributed by atoms with E-state index >= 15 is 0 Å². The van der Waals surface area contributed by atoms with E-state index in [0.717, 1.165) is 37.6 Å². The summed E-state index contributed by atoms with van der Waals surface area (Å²) >= 11 is 0. The van der Waals surface area contributed by atoms with Crippen molar-refractivity contribution >= 4 is 16.9 Å². The molecule has 0 aliphatic rings. The molecule has 0 radical (unpaired) electrons. The number of hydrogen-bond acceptors (Lipinski definition) is 2. The van der Waals surface area contributed by atoms with E-state index in [4.69, 9.17) is 4.74 Å². The minimum Gasteiger partial charge on any atom is -0.465 e. The average Bonchev–Trinajstić information content (AvgIpc) is 2.91. The molecule has 0 amide bonds. The second-order valence-corrected chi connectivity index (χ2v) is 5.52. The van der Waals surface area contributed by atoms with Crippen LogP contribution in [0.15, 0.2) is 30.5 Å². The van der Waals surface area contributed by atoms with Crippen LogP contribution in [0.4, 0.5) is 0 Å². The molecule has 0 bridgehead atoms. The molecule has 0 saturated heterocycles. The molecule has 0 fully saturated rings. The van der Waals surface area contributed by atoms with Gasteiger partial charge in [0.1, 0.15) is 0 Å². The summed E-state index contributed by atoms with van der Waals surface area (Å²) in [6, 6.07) is 8.20. The predicted octanol–water partition coefficient (Wildman–Crippen LogP) is 4.47. The Kier molecular flexibility index (Phi) is 5.85. The summed E-state index contributed by atoms with van der Waals surface area (Å²) in [5.41, 5.74) is 2.34. The summed E-state index contributed by atoms with van der Waals surface area (Å²) in [6.45, 7) is 4.67. The van der Waals surface area contributed by atoms with Gasteiger partial charge < -0.3 is 9.72 Å². The number of aromatic nitrogens is 1. The van der Waals surface area contributed by atoms with E-state index < -0.39 is 0 Å². The molecule has 3 heteroatoms. The molecule has 1 unspecified atom stereocenters. The van der Waals surface area contributed by atoms with Gasteiger partial charge in [-0.1, -0.05) is 44.9 Å². The molecule has 1 aromatic heterocycles. The third kappa shape index (κ3) is 4.10. The third-order valence-electron chi connectivity index (χ3n) is 4.02. The van der Waals surface area contributed by atoms with Crippen molar-refractivity contribution in [3.05, 3.63) is 36.0 Å². The zero-order chi connectivity index (χ0) is 15.1. The first kappa shape index (κ1) is 15.6. The van der Waals surface area contributed by atoms with Crippen molar-refractivity contribution in [2.75, 3.05) is 6.61 Å². The van der Waals surface area contributed by atoms with E-state index in [0.29, 0.717) is 6.61 Å². The molecular weight excluding hydrogens is 262 g/mol. The molecule has 1 heterocycles. The van der Waals surface area contributed by atoms with Crippen LogP contribution in [0.25, 0.3) is 10.9 Å². The van der Waals surface area contributed by atoms with E-state index in [9.17, 15) is 4.79 Å². The SMILES string of the molecule is CCCCC(CC)C(=O)OCCc1c[nH]c2ccccc12. The van der Waals surface area contributed by atoms with Crippen LogP contribution in [0.2, 0.25) is 0 Å². The number of unbranched alkanes of at least 4 members (excludes halogenated alkanes) is 1. The lowest BCUT2D eigenvalue weighted by Crippen LogP contribution is -2.18. The van der Waals surface area contributed by atoms with Crippen molar-refractivity contribution in [1.82, 2.24) is 4.98 Å². The molecular formula is C18H25NO2. The summed E-state index contributed by atoms with van der Waals surface area (Å²) in [4.78, 5) is 15.3. The number of esters is 1.